The number of hydrogen-bond donors (Lipinski definition) is 1. The number of amides is 1. The quantitative estimate of drug-likeness (QED) is 0.667. The second kappa shape index (κ2) is 8.55. The molecule has 1 atom stereocenters. The van der Waals surface area contributed by atoms with Crippen LogP contribution in [0.1, 0.15) is 35.5 Å². The topological polar surface area (TPSA) is 61.4 Å². The van der Waals surface area contributed by atoms with Gasteiger partial charge in [0.2, 0.25) is 0 Å². The molecule has 1 aliphatic heterocycles. The summed E-state index contributed by atoms with van der Waals surface area (Å²) in [6.07, 6.45) is 2.44. The number of fused-ring (bicyclic) bond motifs is 1. The molecule has 1 fully saturated rings. The number of piperazine rings is 1. The van der Waals surface area contributed by atoms with Crippen molar-refractivity contribution in [2.24, 2.45) is 0 Å². The number of benzene rings is 1. The van der Waals surface area contributed by atoms with E-state index in [9.17, 15) is 9.18 Å². The number of rotatable bonds is 5. The van der Waals surface area contributed by atoms with Gasteiger partial charge in [0.25, 0.3) is 5.91 Å². The Hall–Kier alpha value is -2.74. The number of thiophene rings is 1. The summed E-state index contributed by atoms with van der Waals surface area (Å²) in [5, 5.41) is 3.98. The monoisotopic (exact) mass is 427 g/mol. The van der Waals surface area contributed by atoms with Gasteiger partial charge in [0.1, 0.15) is 22.8 Å². The Labute approximate surface area is 179 Å². The number of nitrogens with zero attached hydrogens (tertiary/aromatic N) is 4. The molecule has 6 nitrogen and oxygen atoms in total. The lowest BCUT2D eigenvalue weighted by atomic mass is 10.1. The van der Waals surface area contributed by atoms with Crippen LogP contribution in [0, 0.1) is 12.7 Å². The van der Waals surface area contributed by atoms with Crippen LogP contribution in [0.25, 0.3) is 10.2 Å². The third-order valence-electron chi connectivity index (χ3n) is 5.68. The first kappa shape index (κ1) is 20.5. The minimum atomic E-state index is -0.194. The Morgan fingerprint density at radius 1 is 1.20 bits per heavy atom. The summed E-state index contributed by atoms with van der Waals surface area (Å²) in [5.74, 6) is 0.603. The van der Waals surface area contributed by atoms with Crippen LogP contribution in [-0.4, -0.2) is 48.1 Å². The standard InChI is InChI=1S/C22H26FN5OS/c1-4-14(2)26-21(29)19-15(3)18-20(24-13-25-22(18)30-19)28-11-9-27(10-12-28)17-8-6-5-7-16(17)23/h5-8,13-14H,4,9-12H2,1-3H3,(H,26,29)/t14-/m0/s1. The summed E-state index contributed by atoms with van der Waals surface area (Å²) in [5.41, 5.74) is 1.56. The molecule has 0 spiro atoms. The number of aromatic nitrogens is 2. The predicted molar refractivity (Wildman–Crippen MR) is 120 cm³/mol. The molecule has 3 heterocycles. The Bertz CT molecular complexity index is 1060. The van der Waals surface area contributed by atoms with Crippen LogP contribution in [-0.2, 0) is 0 Å². The van der Waals surface area contributed by atoms with E-state index in [-0.39, 0.29) is 17.8 Å². The highest BCUT2D eigenvalue weighted by atomic mass is 32.1. The molecule has 0 saturated carbocycles. The smallest absolute Gasteiger partial charge is 0.261 e. The minimum Gasteiger partial charge on any atom is -0.366 e. The van der Waals surface area contributed by atoms with Crippen molar-refractivity contribution < 1.29 is 9.18 Å². The lowest BCUT2D eigenvalue weighted by molar-refractivity contribution is 0.0943. The summed E-state index contributed by atoms with van der Waals surface area (Å²) < 4.78 is 14.1. The SMILES string of the molecule is CC[C@H](C)NC(=O)c1sc2ncnc(N3CCN(c4ccccc4F)CC3)c2c1C. The van der Waals surface area contributed by atoms with Gasteiger partial charge >= 0.3 is 0 Å². The minimum absolute atomic E-state index is 0.0554. The van der Waals surface area contributed by atoms with Crippen LogP contribution in [0.3, 0.4) is 0 Å². The molecule has 8 heteroatoms. The summed E-state index contributed by atoms with van der Waals surface area (Å²) in [4.78, 5) is 27.5. The van der Waals surface area contributed by atoms with Crippen LogP contribution in [0.5, 0.6) is 0 Å². The van der Waals surface area contributed by atoms with Gasteiger partial charge in [0.05, 0.1) is 16.0 Å². The van der Waals surface area contributed by atoms with Gasteiger partial charge in [-0.05, 0) is 38.0 Å². The summed E-state index contributed by atoms with van der Waals surface area (Å²) in [6.45, 7) is 8.88. The third kappa shape index (κ3) is 3.84. The summed E-state index contributed by atoms with van der Waals surface area (Å²) in [7, 11) is 0. The van der Waals surface area contributed by atoms with E-state index in [4.69, 9.17) is 0 Å². The van der Waals surface area contributed by atoms with Crippen molar-refractivity contribution in [2.75, 3.05) is 36.0 Å². The molecular formula is C22H26FN5OS. The Kier molecular flexibility index (Phi) is 5.85. The van der Waals surface area contributed by atoms with Crippen molar-refractivity contribution in [1.29, 1.82) is 0 Å². The van der Waals surface area contributed by atoms with Gasteiger partial charge in [-0.1, -0.05) is 19.1 Å². The van der Waals surface area contributed by atoms with Crippen molar-refractivity contribution in [1.82, 2.24) is 15.3 Å². The normalized spacial score (nSPS) is 15.5. The van der Waals surface area contributed by atoms with E-state index in [1.807, 2.05) is 32.9 Å². The largest absolute Gasteiger partial charge is 0.366 e. The van der Waals surface area contributed by atoms with E-state index in [0.717, 1.165) is 41.1 Å². The van der Waals surface area contributed by atoms with Crippen LogP contribution >= 0.6 is 11.3 Å². The maximum absolute atomic E-state index is 14.1. The van der Waals surface area contributed by atoms with E-state index in [1.54, 1.807) is 12.4 Å². The van der Waals surface area contributed by atoms with Gasteiger partial charge in [-0.15, -0.1) is 11.3 Å². The molecule has 158 valence electrons. The number of aryl methyl sites for hydroxylation is 1. The fourth-order valence-corrected chi connectivity index (χ4v) is 4.81. The Morgan fingerprint density at radius 2 is 1.90 bits per heavy atom. The van der Waals surface area contributed by atoms with E-state index in [0.29, 0.717) is 23.7 Å². The zero-order chi connectivity index (χ0) is 21.3. The number of nitrogens with one attached hydrogen (secondary N) is 1. The number of hydrogen-bond acceptors (Lipinski definition) is 6. The molecule has 0 bridgehead atoms. The molecule has 3 aromatic rings. The molecule has 0 unspecified atom stereocenters. The number of anilines is 2. The van der Waals surface area contributed by atoms with Crippen LogP contribution < -0.4 is 15.1 Å². The molecule has 4 rings (SSSR count). The van der Waals surface area contributed by atoms with E-state index in [2.05, 4.69) is 25.1 Å². The predicted octanol–water partition coefficient (Wildman–Crippen LogP) is 3.99. The molecule has 1 saturated heterocycles. The lowest BCUT2D eigenvalue weighted by Crippen LogP contribution is -2.47. The van der Waals surface area contributed by atoms with Crippen LogP contribution in [0.2, 0.25) is 0 Å². The molecule has 1 aromatic carbocycles. The Balaban J connectivity index is 1.58. The van der Waals surface area contributed by atoms with E-state index < -0.39 is 0 Å². The second-order valence-corrected chi connectivity index (χ2v) is 8.64. The number of carbonyl (C=O) groups excluding carboxylic acids is 1. The number of carbonyl (C=O) groups is 1. The maximum Gasteiger partial charge on any atom is 0.261 e. The molecular weight excluding hydrogens is 401 g/mol. The van der Waals surface area contributed by atoms with Crippen molar-refractivity contribution in [2.45, 2.75) is 33.2 Å². The van der Waals surface area contributed by atoms with Crippen molar-refractivity contribution in [3.8, 4) is 0 Å². The first-order chi connectivity index (χ1) is 14.5. The van der Waals surface area contributed by atoms with Crippen molar-refractivity contribution in [3.63, 3.8) is 0 Å². The summed E-state index contributed by atoms with van der Waals surface area (Å²) >= 11 is 1.41. The van der Waals surface area contributed by atoms with Gasteiger partial charge in [-0.25, -0.2) is 14.4 Å². The van der Waals surface area contributed by atoms with Gasteiger partial charge < -0.3 is 15.1 Å². The zero-order valence-corrected chi connectivity index (χ0v) is 18.3. The molecule has 30 heavy (non-hydrogen) atoms. The number of para-hydroxylation sites is 1. The Morgan fingerprint density at radius 3 is 2.60 bits per heavy atom. The average molecular weight is 428 g/mol. The van der Waals surface area contributed by atoms with Gasteiger partial charge in [-0.3, -0.25) is 4.79 Å². The fourth-order valence-electron chi connectivity index (χ4n) is 3.77. The first-order valence-corrected chi connectivity index (χ1v) is 11.1. The molecule has 0 radical (unpaired) electrons. The highest BCUT2D eigenvalue weighted by Gasteiger charge is 2.25. The zero-order valence-electron chi connectivity index (χ0n) is 17.5. The van der Waals surface area contributed by atoms with Gasteiger partial charge in [0, 0.05) is 32.2 Å². The second-order valence-electron chi connectivity index (χ2n) is 7.64. The average Bonchev–Trinajstić information content (AvgIpc) is 3.11. The third-order valence-corrected chi connectivity index (χ3v) is 6.87. The molecule has 0 aliphatic carbocycles. The molecule has 2 aromatic heterocycles. The van der Waals surface area contributed by atoms with Crippen molar-refractivity contribution in [3.05, 3.63) is 46.9 Å². The number of halogens is 1. The lowest BCUT2D eigenvalue weighted by Gasteiger charge is -2.37. The van der Waals surface area contributed by atoms with E-state index in [1.165, 1.54) is 17.4 Å². The van der Waals surface area contributed by atoms with Gasteiger partial charge in [0.15, 0.2) is 0 Å². The van der Waals surface area contributed by atoms with E-state index >= 15 is 0 Å². The maximum atomic E-state index is 14.1. The van der Waals surface area contributed by atoms with Crippen molar-refractivity contribution >= 4 is 39.0 Å². The molecule has 1 amide bonds. The van der Waals surface area contributed by atoms with Crippen LogP contribution in [0.15, 0.2) is 30.6 Å². The fraction of sp³-hybridized carbons (Fsp3) is 0.409. The molecule has 1 aliphatic rings. The summed E-state index contributed by atoms with van der Waals surface area (Å²) in [6, 6.07) is 7.01. The first-order valence-electron chi connectivity index (χ1n) is 10.3. The highest BCUT2D eigenvalue weighted by Crippen LogP contribution is 2.35. The van der Waals surface area contributed by atoms with Gasteiger partial charge in [-0.2, -0.15) is 0 Å². The highest BCUT2D eigenvalue weighted by molar-refractivity contribution is 7.20. The molecule has 1 N–H and O–H groups in total. The van der Waals surface area contributed by atoms with Crippen LogP contribution in [0.4, 0.5) is 15.9 Å².